The molecule has 1 saturated carbocycles. The van der Waals surface area contributed by atoms with Crippen molar-refractivity contribution < 1.29 is 22.7 Å². The molecule has 1 aliphatic rings. The first kappa shape index (κ1) is 28.0. The number of methoxy groups -OCH3 is 1. The van der Waals surface area contributed by atoms with E-state index in [0.29, 0.717) is 59.7 Å². The van der Waals surface area contributed by atoms with Crippen molar-refractivity contribution in [1.29, 1.82) is 0 Å². The highest BCUT2D eigenvalue weighted by atomic mass is 35.5. The summed E-state index contributed by atoms with van der Waals surface area (Å²) in [7, 11) is 1.53. The number of rotatable bonds is 6. The van der Waals surface area contributed by atoms with Gasteiger partial charge in [0.15, 0.2) is 5.69 Å². The van der Waals surface area contributed by atoms with Crippen LogP contribution < -0.4 is 15.7 Å². The maximum Gasteiger partial charge on any atom is 0.434 e. The second-order valence-corrected chi connectivity index (χ2v) is 10.5. The Morgan fingerprint density at radius 2 is 1.85 bits per heavy atom. The smallest absolute Gasteiger partial charge is 0.434 e. The lowest BCUT2D eigenvalue weighted by atomic mass is 9.85. The van der Waals surface area contributed by atoms with Crippen LogP contribution >= 0.6 is 23.2 Å². The lowest BCUT2D eigenvalue weighted by molar-refractivity contribution is -0.141. The molecule has 4 aromatic rings. The van der Waals surface area contributed by atoms with Gasteiger partial charge < -0.3 is 10.1 Å². The van der Waals surface area contributed by atoms with Gasteiger partial charge in [0.05, 0.1) is 45.6 Å². The van der Waals surface area contributed by atoms with Gasteiger partial charge in [0, 0.05) is 31.0 Å². The molecule has 0 saturated heterocycles. The standard InChI is InChI=1S/C27H24Cl2F3N5O3/c1-40-18-6-7-20(29)22(11-18)37-21-8-9-33-13-23(21)36(26(37)39)14-15-2-4-17(5-3-15)35-25(38)19-10-16(28)12-34-24(19)27(30,31)32/h6-13,15,17H,2-5,14H2,1H3,(H,35,38). The van der Waals surface area contributed by atoms with Crippen LogP contribution in [-0.2, 0) is 12.7 Å². The predicted molar refractivity (Wildman–Crippen MR) is 144 cm³/mol. The third-order valence-electron chi connectivity index (χ3n) is 7.12. The van der Waals surface area contributed by atoms with Crippen LogP contribution in [-0.4, -0.2) is 38.2 Å². The van der Waals surface area contributed by atoms with Crippen LogP contribution in [0.15, 0.2) is 53.7 Å². The van der Waals surface area contributed by atoms with E-state index >= 15 is 0 Å². The fourth-order valence-corrected chi connectivity index (χ4v) is 5.51. The van der Waals surface area contributed by atoms with Crippen molar-refractivity contribution in [2.45, 2.75) is 44.4 Å². The van der Waals surface area contributed by atoms with Crippen LogP contribution in [0, 0.1) is 5.92 Å². The van der Waals surface area contributed by atoms with Crippen LogP contribution in [0.4, 0.5) is 13.2 Å². The van der Waals surface area contributed by atoms with E-state index in [1.54, 1.807) is 41.2 Å². The number of halogens is 5. The summed E-state index contributed by atoms with van der Waals surface area (Å²) in [4.78, 5) is 33.9. The topological polar surface area (TPSA) is 91.0 Å². The molecule has 40 heavy (non-hydrogen) atoms. The van der Waals surface area contributed by atoms with Crippen molar-refractivity contribution in [3.8, 4) is 11.4 Å². The van der Waals surface area contributed by atoms with Crippen LogP contribution in [0.3, 0.4) is 0 Å². The van der Waals surface area contributed by atoms with Crippen LogP contribution in [0.1, 0.15) is 41.7 Å². The summed E-state index contributed by atoms with van der Waals surface area (Å²) in [6, 6.07) is 7.47. The molecule has 0 radical (unpaired) electrons. The Balaban J connectivity index is 1.33. The molecular formula is C27H24Cl2F3N5O3. The summed E-state index contributed by atoms with van der Waals surface area (Å²) in [5, 5.41) is 3.02. The van der Waals surface area contributed by atoms with E-state index in [1.807, 2.05) is 0 Å². The second kappa shape index (κ2) is 11.1. The largest absolute Gasteiger partial charge is 0.497 e. The number of nitrogens with one attached hydrogen (secondary N) is 1. The molecule has 1 aromatic carbocycles. The molecule has 13 heteroatoms. The molecule has 0 spiro atoms. The average molecular weight is 594 g/mol. The zero-order valence-electron chi connectivity index (χ0n) is 21.2. The minimum Gasteiger partial charge on any atom is -0.497 e. The van der Waals surface area contributed by atoms with Crippen LogP contribution in [0.2, 0.25) is 10.0 Å². The Labute approximate surface area is 236 Å². The summed E-state index contributed by atoms with van der Waals surface area (Å²) >= 11 is 12.3. The number of imidazole rings is 1. The van der Waals surface area contributed by atoms with Gasteiger partial charge >= 0.3 is 11.9 Å². The van der Waals surface area contributed by atoms with Gasteiger partial charge in [-0.1, -0.05) is 23.2 Å². The number of nitrogens with zero attached hydrogens (tertiary/aromatic N) is 4. The van der Waals surface area contributed by atoms with Crippen LogP contribution in [0.5, 0.6) is 5.75 Å². The molecule has 1 N–H and O–H groups in total. The van der Waals surface area contributed by atoms with Crippen molar-refractivity contribution in [2.75, 3.05) is 7.11 Å². The molecule has 5 rings (SSSR count). The zero-order chi connectivity index (χ0) is 28.6. The van der Waals surface area contributed by atoms with E-state index in [1.165, 1.54) is 11.7 Å². The van der Waals surface area contributed by atoms with Gasteiger partial charge in [0.25, 0.3) is 5.91 Å². The first-order chi connectivity index (χ1) is 19.1. The minimum absolute atomic E-state index is 0.0591. The van der Waals surface area contributed by atoms with E-state index in [4.69, 9.17) is 27.9 Å². The minimum atomic E-state index is -4.79. The third-order valence-corrected chi connectivity index (χ3v) is 7.64. The normalized spacial score (nSPS) is 17.6. The van der Waals surface area contributed by atoms with Gasteiger partial charge in [-0.25, -0.2) is 9.78 Å². The monoisotopic (exact) mass is 593 g/mol. The molecule has 0 aliphatic heterocycles. The number of alkyl halides is 3. The van der Waals surface area contributed by atoms with Gasteiger partial charge in [0.1, 0.15) is 5.75 Å². The molecule has 1 aliphatic carbocycles. The highest BCUT2D eigenvalue weighted by Gasteiger charge is 2.38. The summed E-state index contributed by atoms with van der Waals surface area (Å²) in [6.07, 6.45) is 1.70. The maximum atomic E-state index is 13.7. The number of carbonyl (C=O) groups is 1. The van der Waals surface area contributed by atoms with E-state index in [9.17, 15) is 22.8 Å². The number of benzene rings is 1. The predicted octanol–water partition coefficient (Wildman–Crippen LogP) is 5.91. The molecule has 3 aromatic heterocycles. The van der Waals surface area contributed by atoms with Crippen molar-refractivity contribution in [3.63, 3.8) is 0 Å². The number of amides is 1. The maximum absolute atomic E-state index is 13.7. The van der Waals surface area contributed by atoms with Crippen molar-refractivity contribution in [3.05, 3.63) is 80.7 Å². The summed E-state index contributed by atoms with van der Waals surface area (Å²) < 4.78 is 48.6. The summed E-state index contributed by atoms with van der Waals surface area (Å²) in [5.41, 5.74) is -0.377. The molecule has 1 fully saturated rings. The molecule has 3 heterocycles. The van der Waals surface area contributed by atoms with Gasteiger partial charge in [-0.15, -0.1) is 0 Å². The van der Waals surface area contributed by atoms with Crippen molar-refractivity contribution in [1.82, 2.24) is 24.4 Å². The first-order valence-corrected chi connectivity index (χ1v) is 13.2. The number of fused-ring (bicyclic) bond motifs is 1. The Morgan fingerprint density at radius 3 is 2.55 bits per heavy atom. The Bertz CT molecular complexity index is 1630. The lowest BCUT2D eigenvalue weighted by Gasteiger charge is -2.29. The quantitative estimate of drug-likeness (QED) is 0.300. The van der Waals surface area contributed by atoms with E-state index in [0.717, 1.165) is 12.3 Å². The van der Waals surface area contributed by atoms with Gasteiger partial charge in [-0.2, -0.15) is 13.2 Å². The Hall–Kier alpha value is -3.57. The molecular weight excluding hydrogens is 570 g/mol. The second-order valence-electron chi connectivity index (χ2n) is 9.65. The first-order valence-electron chi connectivity index (χ1n) is 12.5. The molecule has 210 valence electrons. The van der Waals surface area contributed by atoms with Crippen molar-refractivity contribution in [2.24, 2.45) is 5.92 Å². The Kier molecular flexibility index (Phi) is 7.78. The molecule has 1 amide bonds. The molecule has 0 unspecified atom stereocenters. The number of aromatic nitrogens is 4. The molecule has 0 atom stereocenters. The third kappa shape index (κ3) is 5.53. The molecule has 0 bridgehead atoms. The van der Waals surface area contributed by atoms with E-state index in [2.05, 4.69) is 15.3 Å². The number of hydrogen-bond acceptors (Lipinski definition) is 5. The highest BCUT2D eigenvalue weighted by Crippen LogP contribution is 2.33. The number of hydrogen-bond donors (Lipinski definition) is 1. The lowest BCUT2D eigenvalue weighted by Crippen LogP contribution is -2.39. The van der Waals surface area contributed by atoms with Gasteiger partial charge in [-0.05, 0) is 55.9 Å². The number of ether oxygens (including phenoxy) is 1. The average Bonchev–Trinajstić information content (AvgIpc) is 3.20. The van der Waals surface area contributed by atoms with E-state index < -0.39 is 23.3 Å². The van der Waals surface area contributed by atoms with Crippen molar-refractivity contribution >= 4 is 40.1 Å². The summed E-state index contributed by atoms with van der Waals surface area (Å²) in [6.45, 7) is 0.409. The fourth-order valence-electron chi connectivity index (χ4n) is 5.15. The summed E-state index contributed by atoms with van der Waals surface area (Å²) in [5.74, 6) is -0.215. The highest BCUT2D eigenvalue weighted by molar-refractivity contribution is 6.32. The van der Waals surface area contributed by atoms with Gasteiger partial charge in [-0.3, -0.25) is 18.9 Å². The molecule has 8 nitrogen and oxygen atoms in total. The SMILES string of the molecule is COc1ccc(Cl)c(-n2c(=O)n(CC3CCC(NC(=O)c4cc(Cl)cnc4C(F)(F)F)CC3)c3cnccc32)c1. The zero-order valence-corrected chi connectivity index (χ0v) is 22.7. The van der Waals surface area contributed by atoms with Gasteiger partial charge in [0.2, 0.25) is 0 Å². The van der Waals surface area contributed by atoms with Crippen LogP contribution in [0.25, 0.3) is 16.7 Å². The number of carbonyl (C=O) groups excluding carboxylic acids is 1. The number of pyridine rings is 2. The van der Waals surface area contributed by atoms with E-state index in [-0.39, 0.29) is 22.7 Å². The fraction of sp³-hybridized carbons (Fsp3) is 0.333. The Morgan fingerprint density at radius 1 is 1.10 bits per heavy atom.